The van der Waals surface area contributed by atoms with Gasteiger partial charge in [0.15, 0.2) is 0 Å². The van der Waals surface area contributed by atoms with Crippen molar-refractivity contribution in [2.24, 2.45) is 11.8 Å². The number of rotatable bonds is 6. The van der Waals surface area contributed by atoms with Crippen LogP contribution in [0.4, 0.5) is 5.69 Å². The Hall–Kier alpha value is -2.42. The van der Waals surface area contributed by atoms with Crippen molar-refractivity contribution in [1.82, 2.24) is 9.62 Å². The van der Waals surface area contributed by atoms with Crippen LogP contribution in [0.15, 0.2) is 53.4 Å². The second kappa shape index (κ2) is 9.83. The summed E-state index contributed by atoms with van der Waals surface area (Å²) in [7, 11) is -3.59. The Balaban J connectivity index is 1.34. The average Bonchev–Trinajstić information content (AvgIpc) is 3.20. The van der Waals surface area contributed by atoms with Crippen LogP contribution in [0.3, 0.4) is 0 Å². The molecule has 2 aliphatic heterocycles. The number of hydrogen-bond acceptors (Lipinski definition) is 4. The van der Waals surface area contributed by atoms with Gasteiger partial charge in [-0.25, -0.2) is 13.1 Å². The van der Waals surface area contributed by atoms with Crippen molar-refractivity contribution in [3.63, 3.8) is 0 Å². The van der Waals surface area contributed by atoms with Gasteiger partial charge in [0.05, 0.1) is 10.8 Å². The van der Waals surface area contributed by atoms with Crippen LogP contribution in [0.2, 0.25) is 5.02 Å². The zero-order valence-electron chi connectivity index (χ0n) is 18.5. The maximum atomic E-state index is 13.2. The number of aryl methyl sites for hydroxylation is 1. The van der Waals surface area contributed by atoms with E-state index in [1.165, 1.54) is 0 Å². The summed E-state index contributed by atoms with van der Waals surface area (Å²) in [5.41, 5.74) is 1.73. The minimum Gasteiger partial charge on any atom is -0.342 e. The van der Waals surface area contributed by atoms with Crippen LogP contribution in [0.25, 0.3) is 0 Å². The van der Waals surface area contributed by atoms with Gasteiger partial charge in [0, 0.05) is 43.3 Å². The van der Waals surface area contributed by atoms with E-state index in [0.29, 0.717) is 24.7 Å². The summed E-state index contributed by atoms with van der Waals surface area (Å²) in [6, 6.07) is 13.8. The number of piperidine rings is 1. The Bertz CT molecular complexity index is 1120. The van der Waals surface area contributed by atoms with Gasteiger partial charge < -0.3 is 9.80 Å². The zero-order chi connectivity index (χ0) is 23.6. The molecule has 2 aliphatic rings. The minimum absolute atomic E-state index is 0.0346. The highest BCUT2D eigenvalue weighted by molar-refractivity contribution is 7.89. The molecule has 2 fully saturated rings. The van der Waals surface area contributed by atoms with Crippen LogP contribution < -0.4 is 9.62 Å². The molecule has 0 spiro atoms. The molecule has 2 aromatic carbocycles. The average molecular weight is 490 g/mol. The van der Waals surface area contributed by atoms with Gasteiger partial charge in [0.25, 0.3) is 0 Å². The van der Waals surface area contributed by atoms with Crippen molar-refractivity contribution in [2.45, 2.75) is 31.1 Å². The highest BCUT2D eigenvalue weighted by atomic mass is 35.5. The van der Waals surface area contributed by atoms with Crippen molar-refractivity contribution in [2.75, 3.05) is 31.1 Å². The summed E-state index contributed by atoms with van der Waals surface area (Å²) in [5, 5.41) is 0.593. The number of carbonyl (C=O) groups excluding carboxylic acids is 2. The Labute approximate surface area is 199 Å². The number of halogens is 1. The Morgan fingerprint density at radius 2 is 1.79 bits per heavy atom. The molecule has 1 N–H and O–H groups in total. The second-order valence-electron chi connectivity index (χ2n) is 8.84. The number of amides is 2. The van der Waals surface area contributed by atoms with E-state index in [0.717, 1.165) is 24.1 Å². The van der Waals surface area contributed by atoms with Crippen molar-refractivity contribution < 1.29 is 18.0 Å². The van der Waals surface area contributed by atoms with Crippen LogP contribution in [0.5, 0.6) is 0 Å². The lowest BCUT2D eigenvalue weighted by Crippen LogP contribution is -2.46. The van der Waals surface area contributed by atoms with Gasteiger partial charge in [-0.15, -0.1) is 0 Å². The number of nitrogens with zero attached hydrogens (tertiary/aromatic N) is 2. The lowest BCUT2D eigenvalue weighted by atomic mass is 9.96. The van der Waals surface area contributed by atoms with Gasteiger partial charge in [-0.1, -0.05) is 29.3 Å². The summed E-state index contributed by atoms with van der Waals surface area (Å²) >= 11 is 5.94. The van der Waals surface area contributed by atoms with E-state index in [1.807, 2.05) is 6.92 Å². The fourth-order valence-electron chi connectivity index (χ4n) is 4.46. The number of carbonyl (C=O) groups is 2. The summed E-state index contributed by atoms with van der Waals surface area (Å²) in [5.74, 6) is -0.468. The van der Waals surface area contributed by atoms with Crippen molar-refractivity contribution >= 4 is 39.1 Å². The minimum atomic E-state index is -3.59. The van der Waals surface area contributed by atoms with Crippen LogP contribution in [-0.4, -0.2) is 51.3 Å². The van der Waals surface area contributed by atoms with Gasteiger partial charge >= 0.3 is 0 Å². The molecule has 0 bridgehead atoms. The second-order valence-corrected chi connectivity index (χ2v) is 11.0. The molecule has 0 saturated carbocycles. The third kappa shape index (κ3) is 5.57. The molecule has 0 aliphatic carbocycles. The molecule has 2 saturated heterocycles. The molecule has 9 heteroatoms. The van der Waals surface area contributed by atoms with Gasteiger partial charge in [0.2, 0.25) is 21.8 Å². The normalized spacial score (nSPS) is 21.5. The number of sulfonamides is 1. The molecule has 2 atom stereocenters. The van der Waals surface area contributed by atoms with Crippen molar-refractivity contribution in [3.8, 4) is 0 Å². The summed E-state index contributed by atoms with van der Waals surface area (Å²) in [6.45, 7) is 3.65. The Morgan fingerprint density at radius 3 is 2.48 bits per heavy atom. The van der Waals surface area contributed by atoms with E-state index in [1.54, 1.807) is 58.3 Å². The third-order valence-electron chi connectivity index (χ3n) is 6.34. The first-order valence-corrected chi connectivity index (χ1v) is 13.0. The number of nitrogens with one attached hydrogen (secondary N) is 1. The summed E-state index contributed by atoms with van der Waals surface area (Å²) in [4.78, 5) is 29.4. The standard InChI is InChI=1S/C24H28ClN3O4S/c1-17-4-10-22(11-5-17)33(31,32)26-14-18-3-2-12-27(15-18)24(30)19-13-23(29)28(16-19)21-8-6-20(25)7-9-21/h4-11,18-19,26H,2-3,12-16H2,1H3/t18-,19-/m1/s1. The fraction of sp³-hybridized carbons (Fsp3) is 0.417. The molecule has 2 heterocycles. The lowest BCUT2D eigenvalue weighted by Gasteiger charge is -2.34. The van der Waals surface area contributed by atoms with Crippen LogP contribution in [0.1, 0.15) is 24.8 Å². The molecule has 7 nitrogen and oxygen atoms in total. The predicted octanol–water partition coefficient (Wildman–Crippen LogP) is 3.22. The fourth-order valence-corrected chi connectivity index (χ4v) is 5.70. The predicted molar refractivity (Wildman–Crippen MR) is 128 cm³/mol. The van der Waals surface area contributed by atoms with Crippen LogP contribution in [-0.2, 0) is 19.6 Å². The number of benzene rings is 2. The highest BCUT2D eigenvalue weighted by Gasteiger charge is 2.38. The molecular weight excluding hydrogens is 462 g/mol. The zero-order valence-corrected chi connectivity index (χ0v) is 20.1. The van der Waals surface area contributed by atoms with E-state index in [9.17, 15) is 18.0 Å². The molecule has 33 heavy (non-hydrogen) atoms. The summed E-state index contributed by atoms with van der Waals surface area (Å²) < 4.78 is 27.9. The Morgan fingerprint density at radius 1 is 1.09 bits per heavy atom. The van der Waals surface area contributed by atoms with Gasteiger partial charge in [-0.3, -0.25) is 9.59 Å². The van der Waals surface area contributed by atoms with Crippen molar-refractivity contribution in [1.29, 1.82) is 0 Å². The topological polar surface area (TPSA) is 86.8 Å². The van der Waals surface area contributed by atoms with Crippen LogP contribution in [0, 0.1) is 18.8 Å². The molecule has 4 rings (SSSR count). The maximum absolute atomic E-state index is 13.2. The molecule has 0 radical (unpaired) electrons. The van der Waals surface area contributed by atoms with E-state index < -0.39 is 15.9 Å². The molecule has 0 aromatic heterocycles. The monoisotopic (exact) mass is 489 g/mol. The number of hydrogen-bond donors (Lipinski definition) is 1. The number of anilines is 1. The quantitative estimate of drug-likeness (QED) is 0.675. The smallest absolute Gasteiger partial charge is 0.240 e. The summed E-state index contributed by atoms with van der Waals surface area (Å²) in [6.07, 6.45) is 1.84. The van der Waals surface area contributed by atoms with Gasteiger partial charge in [-0.05, 0) is 62.1 Å². The highest BCUT2D eigenvalue weighted by Crippen LogP contribution is 2.29. The SMILES string of the molecule is Cc1ccc(S(=O)(=O)NC[C@H]2CCCN(C(=O)[C@@H]3CC(=O)N(c4ccc(Cl)cc4)C3)C2)cc1. The van der Waals surface area contributed by atoms with E-state index in [4.69, 9.17) is 11.6 Å². The van der Waals surface area contributed by atoms with Gasteiger partial charge in [0.1, 0.15) is 0 Å². The molecular formula is C24H28ClN3O4S. The lowest BCUT2D eigenvalue weighted by molar-refractivity contribution is -0.137. The first-order valence-electron chi connectivity index (χ1n) is 11.1. The number of likely N-dealkylation sites (tertiary alicyclic amines) is 1. The molecule has 2 aromatic rings. The van der Waals surface area contributed by atoms with Gasteiger partial charge in [-0.2, -0.15) is 0 Å². The maximum Gasteiger partial charge on any atom is 0.240 e. The first kappa shape index (κ1) is 23.7. The van der Waals surface area contributed by atoms with Crippen molar-refractivity contribution in [3.05, 3.63) is 59.1 Å². The first-order chi connectivity index (χ1) is 15.7. The largest absolute Gasteiger partial charge is 0.342 e. The molecule has 176 valence electrons. The Kier molecular flexibility index (Phi) is 7.07. The van der Waals surface area contributed by atoms with Crippen LogP contribution >= 0.6 is 11.6 Å². The third-order valence-corrected chi connectivity index (χ3v) is 8.03. The molecule has 2 amide bonds. The van der Waals surface area contributed by atoms with E-state index in [2.05, 4.69) is 4.72 Å². The van der Waals surface area contributed by atoms with E-state index in [-0.39, 0.29) is 35.6 Å². The van der Waals surface area contributed by atoms with E-state index >= 15 is 0 Å². The molecule has 0 unspecified atom stereocenters.